The van der Waals surface area contributed by atoms with Crippen molar-refractivity contribution < 1.29 is 4.74 Å². The van der Waals surface area contributed by atoms with Crippen molar-refractivity contribution >= 4 is 11.8 Å². The van der Waals surface area contributed by atoms with E-state index in [2.05, 4.69) is 6.58 Å². The van der Waals surface area contributed by atoms with Gasteiger partial charge in [-0.1, -0.05) is 25.6 Å². The minimum atomic E-state index is 0.759. The van der Waals surface area contributed by atoms with Gasteiger partial charge in [-0.3, -0.25) is 0 Å². The van der Waals surface area contributed by atoms with Crippen LogP contribution in [0.25, 0.3) is 0 Å². The molecule has 0 aromatic heterocycles. The van der Waals surface area contributed by atoms with E-state index >= 15 is 0 Å². The van der Waals surface area contributed by atoms with E-state index in [-0.39, 0.29) is 0 Å². The van der Waals surface area contributed by atoms with Gasteiger partial charge in [-0.25, -0.2) is 0 Å². The van der Waals surface area contributed by atoms with Gasteiger partial charge in [-0.2, -0.15) is 0 Å². The predicted molar refractivity (Wildman–Crippen MR) is 38.3 cm³/mol. The lowest BCUT2D eigenvalue weighted by Crippen LogP contribution is -1.60. The molecular formula is C6H10OS. The molecule has 0 aromatic carbocycles. The van der Waals surface area contributed by atoms with Crippen molar-refractivity contribution in [1.82, 2.24) is 0 Å². The lowest BCUT2D eigenvalue weighted by molar-refractivity contribution is 0.398. The van der Waals surface area contributed by atoms with E-state index in [1.807, 2.05) is 19.3 Å². The van der Waals surface area contributed by atoms with Crippen molar-refractivity contribution in [1.29, 1.82) is 0 Å². The molecule has 0 aliphatic carbocycles. The molecule has 8 heavy (non-hydrogen) atoms. The van der Waals surface area contributed by atoms with Gasteiger partial charge in [0, 0.05) is 5.41 Å². The van der Waals surface area contributed by atoms with Crippen LogP contribution in [0.5, 0.6) is 0 Å². The quantitative estimate of drug-likeness (QED) is 0.498. The summed E-state index contributed by atoms with van der Waals surface area (Å²) in [6, 6.07) is 0. The Balaban J connectivity index is 0.000000222. The maximum Gasteiger partial charge on any atom is 0.157 e. The number of ether oxygens (including phenoxy) is 1. The SMILES string of the molecule is C=C1OC=CS1.CC. The summed E-state index contributed by atoms with van der Waals surface area (Å²) < 4.78 is 4.74. The van der Waals surface area contributed by atoms with Gasteiger partial charge >= 0.3 is 0 Å². The van der Waals surface area contributed by atoms with Gasteiger partial charge in [-0.05, 0) is 6.58 Å². The van der Waals surface area contributed by atoms with Crippen molar-refractivity contribution in [2.45, 2.75) is 13.8 Å². The van der Waals surface area contributed by atoms with Gasteiger partial charge in [0.25, 0.3) is 0 Å². The van der Waals surface area contributed by atoms with Crippen molar-refractivity contribution in [3.8, 4) is 0 Å². The summed E-state index contributed by atoms with van der Waals surface area (Å²) in [5.74, 6) is 0. The molecule has 0 saturated carbocycles. The van der Waals surface area contributed by atoms with Gasteiger partial charge in [0.2, 0.25) is 0 Å². The molecule has 0 radical (unpaired) electrons. The molecule has 46 valence electrons. The number of hydrogen-bond donors (Lipinski definition) is 0. The first-order valence-electron chi connectivity index (χ1n) is 2.57. The molecule has 0 atom stereocenters. The molecule has 0 fully saturated rings. The number of hydrogen-bond acceptors (Lipinski definition) is 2. The highest BCUT2D eigenvalue weighted by Crippen LogP contribution is 2.22. The van der Waals surface area contributed by atoms with Gasteiger partial charge in [-0.15, -0.1) is 0 Å². The lowest BCUT2D eigenvalue weighted by atomic mass is 11.0. The van der Waals surface area contributed by atoms with Gasteiger partial charge < -0.3 is 4.74 Å². The summed E-state index contributed by atoms with van der Waals surface area (Å²) in [5, 5.41) is 2.61. The summed E-state index contributed by atoms with van der Waals surface area (Å²) in [6.07, 6.45) is 1.62. The monoisotopic (exact) mass is 130 g/mol. The fraction of sp³-hybridized carbons (Fsp3) is 0.333. The molecule has 1 aliphatic rings. The first-order valence-corrected chi connectivity index (χ1v) is 3.45. The molecule has 0 spiro atoms. The minimum Gasteiger partial charge on any atom is -0.458 e. The van der Waals surface area contributed by atoms with Gasteiger partial charge in [0.15, 0.2) is 5.09 Å². The smallest absolute Gasteiger partial charge is 0.157 e. The predicted octanol–water partition coefficient (Wildman–Crippen LogP) is 2.72. The number of thioether (sulfide) groups is 1. The van der Waals surface area contributed by atoms with E-state index in [0.29, 0.717) is 0 Å². The molecule has 0 bridgehead atoms. The largest absolute Gasteiger partial charge is 0.458 e. The zero-order valence-electron chi connectivity index (χ0n) is 5.18. The Morgan fingerprint density at radius 2 is 2.25 bits per heavy atom. The highest BCUT2D eigenvalue weighted by Gasteiger charge is 1.93. The zero-order valence-corrected chi connectivity index (χ0v) is 5.99. The van der Waals surface area contributed by atoms with Gasteiger partial charge in [0.05, 0.1) is 6.26 Å². The fourth-order valence-corrected chi connectivity index (χ4v) is 0.609. The van der Waals surface area contributed by atoms with Crippen LogP contribution in [0, 0.1) is 0 Å². The lowest BCUT2D eigenvalue weighted by Gasteiger charge is -1.85. The summed E-state index contributed by atoms with van der Waals surface area (Å²) in [7, 11) is 0. The summed E-state index contributed by atoms with van der Waals surface area (Å²) in [6.45, 7) is 7.53. The molecule has 0 saturated heterocycles. The number of rotatable bonds is 0. The Morgan fingerprint density at radius 1 is 1.62 bits per heavy atom. The fourth-order valence-electron chi connectivity index (χ4n) is 0.235. The molecule has 0 amide bonds. The Kier molecular flexibility index (Phi) is 4.56. The molecule has 1 nitrogen and oxygen atoms in total. The average Bonchev–Trinajstić information content (AvgIpc) is 2.24. The highest BCUT2D eigenvalue weighted by molar-refractivity contribution is 8.05. The Bertz CT molecular complexity index is 86.7. The van der Waals surface area contributed by atoms with Gasteiger partial charge in [0.1, 0.15) is 0 Å². The average molecular weight is 130 g/mol. The first-order chi connectivity index (χ1) is 3.89. The third-order valence-corrected chi connectivity index (χ3v) is 1.06. The van der Waals surface area contributed by atoms with Crippen molar-refractivity contribution in [3.63, 3.8) is 0 Å². The minimum absolute atomic E-state index is 0.759. The molecule has 0 N–H and O–H groups in total. The Labute approximate surface area is 54.4 Å². The van der Waals surface area contributed by atoms with E-state index in [0.717, 1.165) is 5.09 Å². The Morgan fingerprint density at radius 3 is 2.38 bits per heavy atom. The zero-order chi connectivity index (χ0) is 6.41. The molecule has 2 heteroatoms. The van der Waals surface area contributed by atoms with Crippen LogP contribution in [-0.4, -0.2) is 0 Å². The van der Waals surface area contributed by atoms with Crippen LogP contribution in [0.3, 0.4) is 0 Å². The van der Waals surface area contributed by atoms with Crippen molar-refractivity contribution in [2.24, 2.45) is 0 Å². The van der Waals surface area contributed by atoms with E-state index in [9.17, 15) is 0 Å². The van der Waals surface area contributed by atoms with Crippen LogP contribution in [-0.2, 0) is 4.74 Å². The third kappa shape index (κ3) is 2.75. The molecule has 1 heterocycles. The van der Waals surface area contributed by atoms with Crippen LogP contribution >= 0.6 is 11.8 Å². The Hall–Kier alpha value is -0.370. The van der Waals surface area contributed by atoms with E-state index in [4.69, 9.17) is 4.74 Å². The molecular weight excluding hydrogens is 120 g/mol. The second-order valence-corrected chi connectivity index (χ2v) is 1.84. The topological polar surface area (TPSA) is 9.23 Å². The van der Waals surface area contributed by atoms with Crippen LogP contribution < -0.4 is 0 Å². The first kappa shape index (κ1) is 7.63. The highest BCUT2D eigenvalue weighted by atomic mass is 32.2. The molecule has 1 aliphatic heterocycles. The summed E-state index contributed by atoms with van der Waals surface area (Å²) in [5.41, 5.74) is 0. The summed E-state index contributed by atoms with van der Waals surface area (Å²) >= 11 is 1.50. The van der Waals surface area contributed by atoms with E-state index < -0.39 is 0 Å². The summed E-state index contributed by atoms with van der Waals surface area (Å²) in [4.78, 5) is 0. The molecule has 0 unspecified atom stereocenters. The molecule has 0 aromatic rings. The normalized spacial score (nSPS) is 14.5. The van der Waals surface area contributed by atoms with Crippen molar-refractivity contribution in [2.75, 3.05) is 0 Å². The van der Waals surface area contributed by atoms with E-state index in [1.54, 1.807) is 6.26 Å². The standard InChI is InChI=1S/C4H4OS.C2H6/c1-4-5-2-3-6-4;1-2/h2-3H,1H2;1-2H3. The maximum absolute atomic E-state index is 4.74. The second-order valence-electron chi connectivity index (χ2n) is 0.880. The van der Waals surface area contributed by atoms with Crippen LogP contribution in [0.4, 0.5) is 0 Å². The van der Waals surface area contributed by atoms with Crippen LogP contribution in [0.15, 0.2) is 23.3 Å². The maximum atomic E-state index is 4.74. The second kappa shape index (κ2) is 4.78. The third-order valence-electron chi connectivity index (χ3n) is 0.455. The van der Waals surface area contributed by atoms with Crippen molar-refractivity contribution in [3.05, 3.63) is 23.3 Å². The van der Waals surface area contributed by atoms with E-state index in [1.165, 1.54) is 11.8 Å². The van der Waals surface area contributed by atoms with Crippen LogP contribution in [0.2, 0.25) is 0 Å². The molecule has 1 rings (SSSR count). The van der Waals surface area contributed by atoms with Crippen LogP contribution in [0.1, 0.15) is 13.8 Å².